The van der Waals surface area contributed by atoms with Crippen molar-refractivity contribution in [3.63, 3.8) is 0 Å². The molecule has 0 aromatic heterocycles. The first-order valence-corrected chi connectivity index (χ1v) is 9.60. The summed E-state index contributed by atoms with van der Waals surface area (Å²) in [4.78, 5) is 27.0. The van der Waals surface area contributed by atoms with Crippen LogP contribution in [0, 0.1) is 0 Å². The van der Waals surface area contributed by atoms with E-state index in [1.54, 1.807) is 44.2 Å². The summed E-state index contributed by atoms with van der Waals surface area (Å²) in [6, 6.07) is 11.5. The summed E-state index contributed by atoms with van der Waals surface area (Å²) < 4.78 is 0.689. The molecular weight excluding hydrogens is 410 g/mol. The van der Waals surface area contributed by atoms with Gasteiger partial charge in [-0.25, -0.2) is 4.79 Å². The van der Waals surface area contributed by atoms with E-state index in [0.717, 1.165) is 16.9 Å². The molecule has 2 aromatic carbocycles. The Labute approximate surface area is 166 Å². The fourth-order valence-corrected chi connectivity index (χ4v) is 3.48. The number of nitrogens with one attached hydrogen (secondary N) is 2. The fraction of sp³-hybridized carbons (Fsp3) is 0.300. The number of benzene rings is 2. The van der Waals surface area contributed by atoms with Gasteiger partial charge in [0.15, 0.2) is 0 Å². The predicted octanol–water partition coefficient (Wildman–Crippen LogP) is 3.73. The van der Waals surface area contributed by atoms with Gasteiger partial charge in [-0.1, -0.05) is 35.0 Å². The molecule has 1 aliphatic heterocycles. The standard InChI is InChI=1S/C20H22BrN3O3/c1-4-13-5-8-15(9-6-13)24-19(26)23-17-10-7-14(21)11-16(17)20(24,27)18(25)22-12(2)3/h5-12,27H,4H2,1-3H3,(H,22,25)(H,23,26). The van der Waals surface area contributed by atoms with Crippen molar-refractivity contribution >= 4 is 39.2 Å². The molecule has 0 saturated heterocycles. The highest BCUT2D eigenvalue weighted by atomic mass is 79.9. The van der Waals surface area contributed by atoms with E-state index in [1.807, 2.05) is 19.1 Å². The quantitative estimate of drug-likeness (QED) is 0.689. The normalized spacial score (nSPS) is 18.9. The number of urea groups is 1. The van der Waals surface area contributed by atoms with Gasteiger partial charge >= 0.3 is 6.03 Å². The van der Waals surface area contributed by atoms with Gasteiger partial charge < -0.3 is 15.7 Å². The Hall–Kier alpha value is -2.38. The van der Waals surface area contributed by atoms with Crippen LogP contribution in [0.3, 0.4) is 0 Å². The largest absolute Gasteiger partial charge is 0.359 e. The Morgan fingerprint density at radius 1 is 1.26 bits per heavy atom. The molecule has 1 unspecified atom stereocenters. The Morgan fingerprint density at radius 2 is 1.93 bits per heavy atom. The molecule has 0 spiro atoms. The minimum Gasteiger partial charge on any atom is -0.359 e. The number of carbonyl (C=O) groups excluding carboxylic acids is 2. The summed E-state index contributed by atoms with van der Waals surface area (Å²) in [5.41, 5.74) is 0.0332. The lowest BCUT2D eigenvalue weighted by Gasteiger charge is -2.43. The molecule has 1 heterocycles. The second-order valence-corrected chi connectivity index (χ2v) is 7.69. The number of anilines is 2. The number of nitrogens with zero attached hydrogens (tertiary/aromatic N) is 1. The van der Waals surface area contributed by atoms with E-state index in [2.05, 4.69) is 26.6 Å². The second-order valence-electron chi connectivity index (χ2n) is 6.78. The maximum absolute atomic E-state index is 13.1. The molecule has 3 amide bonds. The predicted molar refractivity (Wildman–Crippen MR) is 109 cm³/mol. The van der Waals surface area contributed by atoms with Crippen LogP contribution < -0.4 is 15.5 Å². The van der Waals surface area contributed by atoms with Gasteiger partial charge in [-0.05, 0) is 56.2 Å². The maximum Gasteiger partial charge on any atom is 0.329 e. The van der Waals surface area contributed by atoms with Gasteiger partial charge in [0, 0.05) is 21.8 Å². The van der Waals surface area contributed by atoms with Crippen LogP contribution in [0.2, 0.25) is 0 Å². The van der Waals surface area contributed by atoms with Crippen molar-refractivity contribution in [2.24, 2.45) is 0 Å². The molecular formula is C20H22BrN3O3. The van der Waals surface area contributed by atoms with Gasteiger partial charge in [-0.2, -0.15) is 0 Å². The van der Waals surface area contributed by atoms with Crippen molar-refractivity contribution in [2.75, 3.05) is 10.2 Å². The number of halogens is 1. The Morgan fingerprint density at radius 3 is 2.52 bits per heavy atom. The van der Waals surface area contributed by atoms with Gasteiger partial charge in [0.05, 0.1) is 5.69 Å². The SMILES string of the molecule is CCc1ccc(N2C(=O)Nc3ccc(Br)cc3C2(O)C(=O)NC(C)C)cc1. The smallest absolute Gasteiger partial charge is 0.329 e. The first-order valence-electron chi connectivity index (χ1n) is 8.81. The molecule has 2 aromatic rings. The Balaban J connectivity index is 2.19. The fourth-order valence-electron chi connectivity index (χ4n) is 3.12. The Bertz CT molecular complexity index is 883. The van der Waals surface area contributed by atoms with E-state index in [9.17, 15) is 14.7 Å². The third-order valence-corrected chi connectivity index (χ3v) is 4.96. The first-order chi connectivity index (χ1) is 12.8. The van der Waals surface area contributed by atoms with Gasteiger partial charge in [0.1, 0.15) is 0 Å². The number of rotatable bonds is 4. The zero-order chi connectivity index (χ0) is 19.8. The molecule has 7 heteroatoms. The first kappa shape index (κ1) is 19.4. The zero-order valence-electron chi connectivity index (χ0n) is 15.4. The summed E-state index contributed by atoms with van der Waals surface area (Å²) in [7, 11) is 0. The molecule has 3 N–H and O–H groups in total. The van der Waals surface area contributed by atoms with Crippen LogP contribution in [0.25, 0.3) is 0 Å². The van der Waals surface area contributed by atoms with Crippen LogP contribution in [-0.2, 0) is 16.9 Å². The lowest BCUT2D eigenvalue weighted by molar-refractivity contribution is -0.140. The number of aryl methyl sites for hydroxylation is 1. The third kappa shape index (κ3) is 3.44. The van der Waals surface area contributed by atoms with Crippen molar-refractivity contribution in [1.29, 1.82) is 0 Å². The number of fused-ring (bicyclic) bond motifs is 1. The van der Waals surface area contributed by atoms with Crippen molar-refractivity contribution in [3.8, 4) is 0 Å². The molecule has 0 bridgehead atoms. The minimum absolute atomic E-state index is 0.202. The number of hydrogen-bond acceptors (Lipinski definition) is 3. The van der Waals surface area contributed by atoms with Gasteiger partial charge in [0.2, 0.25) is 0 Å². The monoisotopic (exact) mass is 431 g/mol. The lowest BCUT2D eigenvalue weighted by Crippen LogP contribution is -2.63. The highest BCUT2D eigenvalue weighted by molar-refractivity contribution is 9.10. The van der Waals surface area contributed by atoms with Crippen molar-refractivity contribution in [1.82, 2.24) is 5.32 Å². The summed E-state index contributed by atoms with van der Waals surface area (Å²) in [5.74, 6) is -0.661. The minimum atomic E-state index is -2.18. The van der Waals surface area contributed by atoms with Gasteiger partial charge in [-0.15, -0.1) is 0 Å². The summed E-state index contributed by atoms with van der Waals surface area (Å²) in [6.45, 7) is 5.63. The van der Waals surface area contributed by atoms with E-state index >= 15 is 0 Å². The summed E-state index contributed by atoms with van der Waals surface area (Å²) in [5, 5.41) is 17.1. The number of carbonyl (C=O) groups is 2. The van der Waals surface area contributed by atoms with Crippen LogP contribution in [0.5, 0.6) is 0 Å². The lowest BCUT2D eigenvalue weighted by atomic mass is 9.94. The molecule has 0 radical (unpaired) electrons. The number of amides is 3. The second kappa shape index (κ2) is 7.32. The molecule has 0 saturated carbocycles. The van der Waals surface area contributed by atoms with E-state index < -0.39 is 17.7 Å². The van der Waals surface area contributed by atoms with E-state index in [-0.39, 0.29) is 6.04 Å². The van der Waals surface area contributed by atoms with E-state index in [1.165, 1.54) is 0 Å². The molecule has 1 atom stereocenters. The van der Waals surface area contributed by atoms with Crippen LogP contribution in [0.4, 0.5) is 16.2 Å². The average molecular weight is 432 g/mol. The van der Waals surface area contributed by atoms with Crippen molar-refractivity contribution < 1.29 is 14.7 Å². The maximum atomic E-state index is 13.1. The highest BCUT2D eigenvalue weighted by Crippen LogP contribution is 2.41. The third-order valence-electron chi connectivity index (χ3n) is 4.46. The number of aliphatic hydroxyl groups is 1. The van der Waals surface area contributed by atoms with Crippen LogP contribution in [0.1, 0.15) is 31.9 Å². The van der Waals surface area contributed by atoms with Crippen molar-refractivity contribution in [3.05, 3.63) is 58.1 Å². The summed E-state index contributed by atoms with van der Waals surface area (Å²) >= 11 is 3.38. The van der Waals surface area contributed by atoms with Crippen LogP contribution in [0.15, 0.2) is 46.9 Å². The van der Waals surface area contributed by atoms with Crippen LogP contribution in [-0.4, -0.2) is 23.1 Å². The average Bonchev–Trinajstić information content (AvgIpc) is 2.62. The Kier molecular flexibility index (Phi) is 5.26. The molecule has 0 fully saturated rings. The molecule has 0 aliphatic carbocycles. The zero-order valence-corrected chi connectivity index (χ0v) is 17.0. The van der Waals surface area contributed by atoms with Gasteiger partial charge in [0.25, 0.3) is 11.6 Å². The topological polar surface area (TPSA) is 81.7 Å². The van der Waals surface area contributed by atoms with Crippen LogP contribution >= 0.6 is 15.9 Å². The molecule has 6 nitrogen and oxygen atoms in total. The molecule has 1 aliphatic rings. The molecule has 142 valence electrons. The molecule has 27 heavy (non-hydrogen) atoms. The van der Waals surface area contributed by atoms with E-state index in [4.69, 9.17) is 0 Å². The van der Waals surface area contributed by atoms with E-state index in [0.29, 0.717) is 21.4 Å². The molecule has 3 rings (SSSR count). The summed E-state index contributed by atoms with van der Waals surface area (Å²) in [6.07, 6.45) is 0.848. The van der Waals surface area contributed by atoms with Gasteiger partial charge in [-0.3, -0.25) is 9.69 Å². The van der Waals surface area contributed by atoms with Crippen molar-refractivity contribution in [2.45, 2.75) is 39.0 Å². The number of hydrogen-bond donors (Lipinski definition) is 3. The highest BCUT2D eigenvalue weighted by Gasteiger charge is 2.52.